The molecule has 6 heteroatoms. The summed E-state index contributed by atoms with van der Waals surface area (Å²) in [6.07, 6.45) is 0. The maximum Gasteiger partial charge on any atom is 0.264 e. The number of carbonyl (C=O) groups is 1. The molecule has 29 heavy (non-hydrogen) atoms. The Labute approximate surface area is 171 Å². The Hall–Kier alpha value is -3.12. The summed E-state index contributed by atoms with van der Waals surface area (Å²) in [6, 6.07) is 17.9. The molecule has 0 unspecified atom stereocenters. The van der Waals surface area contributed by atoms with E-state index in [0.29, 0.717) is 23.4 Å². The quantitative estimate of drug-likeness (QED) is 0.682. The van der Waals surface area contributed by atoms with Gasteiger partial charge in [0.15, 0.2) is 0 Å². The van der Waals surface area contributed by atoms with E-state index in [9.17, 15) is 13.2 Å². The van der Waals surface area contributed by atoms with E-state index in [4.69, 9.17) is 0 Å². The number of amides is 1. The van der Waals surface area contributed by atoms with Crippen LogP contribution in [0.25, 0.3) is 11.1 Å². The van der Waals surface area contributed by atoms with E-state index in [-0.39, 0.29) is 10.8 Å². The lowest BCUT2D eigenvalue weighted by Crippen LogP contribution is -2.34. The molecule has 0 spiro atoms. The van der Waals surface area contributed by atoms with Gasteiger partial charge in [-0.3, -0.25) is 9.10 Å². The van der Waals surface area contributed by atoms with Crippen LogP contribution in [0, 0.1) is 13.8 Å². The Morgan fingerprint density at radius 1 is 0.931 bits per heavy atom. The van der Waals surface area contributed by atoms with Crippen LogP contribution in [0.5, 0.6) is 0 Å². The van der Waals surface area contributed by atoms with Gasteiger partial charge >= 0.3 is 0 Å². The van der Waals surface area contributed by atoms with Gasteiger partial charge in [-0.25, -0.2) is 8.42 Å². The maximum absolute atomic E-state index is 13.0. The van der Waals surface area contributed by atoms with Crippen LogP contribution < -0.4 is 9.62 Å². The number of fused-ring (bicyclic) bond motifs is 3. The first kappa shape index (κ1) is 19.2. The summed E-state index contributed by atoms with van der Waals surface area (Å²) in [5.41, 5.74) is 5.32. The number of hydrogen-bond donors (Lipinski definition) is 1. The van der Waals surface area contributed by atoms with Gasteiger partial charge < -0.3 is 5.32 Å². The van der Waals surface area contributed by atoms with E-state index < -0.39 is 10.0 Å². The number of hydrogen-bond acceptors (Lipinski definition) is 3. The third-order valence-electron chi connectivity index (χ3n) is 5.04. The molecule has 3 aromatic carbocycles. The minimum Gasteiger partial charge on any atom is -0.322 e. The molecule has 0 aliphatic carbocycles. The van der Waals surface area contributed by atoms with Crippen LogP contribution in [0.1, 0.15) is 28.4 Å². The fraction of sp³-hybridized carbons (Fsp3) is 0.174. The first-order valence-corrected chi connectivity index (χ1v) is 10.9. The van der Waals surface area contributed by atoms with Crippen LogP contribution in [-0.2, 0) is 10.0 Å². The van der Waals surface area contributed by atoms with Crippen LogP contribution in [0.2, 0.25) is 0 Å². The third-order valence-corrected chi connectivity index (χ3v) is 6.99. The predicted octanol–water partition coefficient (Wildman–Crippen LogP) is 4.75. The Balaban J connectivity index is 1.78. The zero-order valence-corrected chi connectivity index (χ0v) is 17.4. The van der Waals surface area contributed by atoms with Gasteiger partial charge in [-0.1, -0.05) is 24.3 Å². The second kappa shape index (κ2) is 7.04. The first-order valence-electron chi connectivity index (χ1n) is 9.47. The number of sulfonamides is 1. The Kier molecular flexibility index (Phi) is 4.67. The van der Waals surface area contributed by atoms with E-state index in [0.717, 1.165) is 22.4 Å². The molecule has 0 fully saturated rings. The summed E-state index contributed by atoms with van der Waals surface area (Å²) < 4.78 is 27.3. The minimum absolute atomic E-state index is 0.230. The van der Waals surface area contributed by atoms with Crippen molar-refractivity contribution < 1.29 is 13.2 Å². The van der Waals surface area contributed by atoms with Gasteiger partial charge in [0.1, 0.15) is 0 Å². The molecule has 0 aromatic heterocycles. The molecular formula is C23H22N2O3S. The second-order valence-corrected chi connectivity index (χ2v) is 9.06. The number of benzene rings is 3. The van der Waals surface area contributed by atoms with Gasteiger partial charge in [0.25, 0.3) is 15.9 Å². The fourth-order valence-corrected chi connectivity index (χ4v) is 5.57. The number of rotatable bonds is 3. The van der Waals surface area contributed by atoms with E-state index in [1.54, 1.807) is 43.3 Å². The van der Waals surface area contributed by atoms with Crippen LogP contribution in [0.15, 0.2) is 65.6 Å². The monoisotopic (exact) mass is 406 g/mol. The maximum atomic E-state index is 13.0. The van der Waals surface area contributed by atoms with Crippen LogP contribution in [-0.4, -0.2) is 20.9 Å². The van der Waals surface area contributed by atoms with Crippen molar-refractivity contribution in [3.63, 3.8) is 0 Å². The molecule has 1 aliphatic rings. The summed E-state index contributed by atoms with van der Waals surface area (Å²) in [4.78, 5) is 13.1. The van der Waals surface area contributed by atoms with Crippen LogP contribution in [0.4, 0.5) is 11.4 Å². The van der Waals surface area contributed by atoms with Crippen LogP contribution in [0.3, 0.4) is 0 Å². The molecule has 0 atom stereocenters. The van der Waals surface area contributed by atoms with E-state index in [1.807, 2.05) is 38.1 Å². The van der Waals surface area contributed by atoms with E-state index >= 15 is 0 Å². The van der Waals surface area contributed by atoms with Gasteiger partial charge in [-0.2, -0.15) is 0 Å². The average Bonchev–Trinajstić information content (AvgIpc) is 2.67. The normalized spacial score (nSPS) is 14.1. The second-order valence-electron chi connectivity index (χ2n) is 7.23. The van der Waals surface area contributed by atoms with E-state index in [2.05, 4.69) is 5.32 Å². The van der Waals surface area contributed by atoms with E-state index in [1.165, 1.54) is 4.31 Å². The van der Waals surface area contributed by atoms with Crippen molar-refractivity contribution in [3.8, 4) is 11.1 Å². The third kappa shape index (κ3) is 3.29. The van der Waals surface area contributed by atoms with Crippen molar-refractivity contribution >= 4 is 27.3 Å². The molecule has 5 nitrogen and oxygen atoms in total. The summed E-state index contributed by atoms with van der Waals surface area (Å²) in [7, 11) is -3.60. The molecule has 3 aromatic rings. The lowest BCUT2D eigenvalue weighted by Gasteiger charge is -2.31. The number of carbonyl (C=O) groups excluding carboxylic acids is 1. The fourth-order valence-electron chi connectivity index (χ4n) is 3.86. The average molecular weight is 407 g/mol. The van der Waals surface area contributed by atoms with Gasteiger partial charge in [0, 0.05) is 28.9 Å². The molecule has 1 aliphatic heterocycles. The van der Waals surface area contributed by atoms with Crippen LogP contribution >= 0.6 is 0 Å². The summed E-state index contributed by atoms with van der Waals surface area (Å²) in [5.74, 6) is -0.230. The van der Waals surface area contributed by atoms with Crippen molar-refractivity contribution in [2.75, 3.05) is 16.2 Å². The van der Waals surface area contributed by atoms with Crippen molar-refractivity contribution in [1.82, 2.24) is 0 Å². The highest BCUT2D eigenvalue weighted by atomic mass is 32.2. The predicted molar refractivity (Wildman–Crippen MR) is 116 cm³/mol. The molecule has 0 saturated heterocycles. The highest BCUT2D eigenvalue weighted by molar-refractivity contribution is 7.93. The summed E-state index contributed by atoms with van der Waals surface area (Å²) >= 11 is 0. The molecule has 0 radical (unpaired) electrons. The minimum atomic E-state index is -3.60. The summed E-state index contributed by atoms with van der Waals surface area (Å²) in [5, 5.41) is 2.94. The van der Waals surface area contributed by atoms with Crippen molar-refractivity contribution in [1.29, 1.82) is 0 Å². The largest absolute Gasteiger partial charge is 0.322 e. The highest BCUT2D eigenvalue weighted by Crippen LogP contribution is 2.43. The smallest absolute Gasteiger partial charge is 0.264 e. The van der Waals surface area contributed by atoms with Crippen molar-refractivity contribution in [2.45, 2.75) is 25.7 Å². The number of nitrogens with zero attached hydrogens (tertiary/aromatic N) is 1. The van der Waals surface area contributed by atoms with Gasteiger partial charge in [0.2, 0.25) is 0 Å². The molecule has 1 heterocycles. The number of anilines is 2. The van der Waals surface area contributed by atoms with Gasteiger partial charge in [-0.05, 0) is 68.3 Å². The van der Waals surface area contributed by atoms with Crippen molar-refractivity contribution in [3.05, 3.63) is 77.4 Å². The van der Waals surface area contributed by atoms with Crippen molar-refractivity contribution in [2.24, 2.45) is 0 Å². The molecule has 4 rings (SSSR count). The zero-order chi connectivity index (χ0) is 20.8. The number of aryl methyl sites for hydroxylation is 2. The molecule has 1 N–H and O–H groups in total. The molecule has 0 saturated carbocycles. The zero-order valence-electron chi connectivity index (χ0n) is 16.6. The summed E-state index contributed by atoms with van der Waals surface area (Å²) in [6.45, 7) is 6.09. The lowest BCUT2D eigenvalue weighted by molar-refractivity contribution is 0.102. The molecular weight excluding hydrogens is 384 g/mol. The first-order chi connectivity index (χ1) is 13.8. The standard InChI is InChI=1S/C23H22N2O3S/c1-4-25-21-10-9-17(23(26)24-18-12-15(2)11-16(3)13-18)14-20(21)19-7-5-6-8-22(19)29(25,27)28/h5-14H,4H2,1-3H3,(H,24,26). The Morgan fingerprint density at radius 3 is 2.31 bits per heavy atom. The Bertz CT molecular complexity index is 1210. The highest BCUT2D eigenvalue weighted by Gasteiger charge is 2.34. The molecule has 0 bridgehead atoms. The topological polar surface area (TPSA) is 66.5 Å². The lowest BCUT2D eigenvalue weighted by atomic mass is 10.00. The van der Waals surface area contributed by atoms with Gasteiger partial charge in [-0.15, -0.1) is 0 Å². The molecule has 1 amide bonds. The number of nitrogens with one attached hydrogen (secondary N) is 1. The molecule has 148 valence electrons. The van der Waals surface area contributed by atoms with Gasteiger partial charge in [0.05, 0.1) is 10.6 Å². The Morgan fingerprint density at radius 2 is 1.62 bits per heavy atom. The SMILES string of the molecule is CCN1c2ccc(C(=O)Nc3cc(C)cc(C)c3)cc2-c2ccccc2S1(=O)=O.